The van der Waals surface area contributed by atoms with Crippen molar-refractivity contribution in [3.05, 3.63) is 30.5 Å². The Morgan fingerprint density at radius 1 is 1.07 bits per heavy atom. The van der Waals surface area contributed by atoms with E-state index in [0.717, 1.165) is 40.8 Å². The van der Waals surface area contributed by atoms with E-state index in [1.807, 2.05) is 24.3 Å². The summed E-state index contributed by atoms with van der Waals surface area (Å²) in [4.78, 5) is 9.50. The Hall–Kier alpha value is -2.71. The molecule has 1 saturated carbocycles. The van der Waals surface area contributed by atoms with E-state index >= 15 is 0 Å². The summed E-state index contributed by atoms with van der Waals surface area (Å²) in [6.45, 7) is 0.949. The average molecular weight is 380 g/mol. The van der Waals surface area contributed by atoms with Crippen LogP contribution in [-0.4, -0.2) is 56.7 Å². The molecule has 4 N–H and O–H groups in total. The van der Waals surface area contributed by atoms with Crippen LogP contribution < -0.4 is 10.6 Å². The number of hydrogen-bond acceptors (Lipinski definition) is 7. The van der Waals surface area contributed by atoms with Gasteiger partial charge in [0.25, 0.3) is 0 Å². The minimum absolute atomic E-state index is 0.0192. The average Bonchev–Trinajstić information content (AvgIpc) is 3.19. The van der Waals surface area contributed by atoms with Gasteiger partial charge in [-0.15, -0.1) is 0 Å². The third kappa shape index (κ3) is 3.53. The Morgan fingerprint density at radius 3 is 2.75 bits per heavy atom. The quantitative estimate of drug-likeness (QED) is 0.539. The number of nitrogens with one attached hydrogen (secondary N) is 3. The van der Waals surface area contributed by atoms with Crippen molar-refractivity contribution >= 4 is 22.7 Å². The summed E-state index contributed by atoms with van der Waals surface area (Å²) in [6, 6.07) is 8.52. The maximum absolute atomic E-state index is 9.91. The van der Waals surface area contributed by atoms with E-state index in [2.05, 4.69) is 20.8 Å². The summed E-state index contributed by atoms with van der Waals surface area (Å²) >= 11 is 0. The number of fused-ring (bicyclic) bond motifs is 1. The second-order valence-corrected chi connectivity index (χ2v) is 7.64. The molecule has 5 rings (SSSR count). The first kappa shape index (κ1) is 17.4. The van der Waals surface area contributed by atoms with Crippen LogP contribution in [0, 0.1) is 0 Å². The van der Waals surface area contributed by atoms with Crippen molar-refractivity contribution in [1.82, 2.24) is 20.2 Å². The number of H-pyrrole nitrogens is 1. The molecule has 0 amide bonds. The van der Waals surface area contributed by atoms with Crippen molar-refractivity contribution in [2.75, 3.05) is 23.8 Å². The van der Waals surface area contributed by atoms with E-state index in [9.17, 15) is 5.11 Å². The fourth-order valence-electron chi connectivity index (χ4n) is 3.73. The standard InChI is InChI=1S/C20H24N6O2/c27-15-9-14(10-28-11-15)22-19-16-5-4-12(17-6-7-21-26-17)8-18(16)24-20(25-19)23-13-2-1-3-13/h4-8,13-15,27H,1-3,9-11H2,(H,21,26)(H2,22,23,24,25)/t14-,15+/m1/s1. The molecule has 1 aliphatic carbocycles. The van der Waals surface area contributed by atoms with Gasteiger partial charge in [-0.05, 0) is 43.9 Å². The predicted octanol–water partition coefficient (Wildman–Crippen LogP) is 2.55. The molecular weight excluding hydrogens is 356 g/mol. The van der Waals surface area contributed by atoms with Gasteiger partial charge in [-0.25, -0.2) is 4.98 Å². The van der Waals surface area contributed by atoms with Crippen LogP contribution in [0.5, 0.6) is 0 Å². The number of hydrogen-bond donors (Lipinski definition) is 4. The first-order valence-corrected chi connectivity index (χ1v) is 9.85. The maximum Gasteiger partial charge on any atom is 0.225 e. The molecule has 146 valence electrons. The molecule has 28 heavy (non-hydrogen) atoms. The van der Waals surface area contributed by atoms with Crippen LogP contribution in [-0.2, 0) is 4.74 Å². The number of anilines is 2. The zero-order chi connectivity index (χ0) is 18.9. The largest absolute Gasteiger partial charge is 0.391 e. The highest BCUT2D eigenvalue weighted by Gasteiger charge is 2.23. The van der Waals surface area contributed by atoms with Crippen LogP contribution in [0.15, 0.2) is 30.5 Å². The van der Waals surface area contributed by atoms with Crippen LogP contribution in [0.4, 0.5) is 11.8 Å². The van der Waals surface area contributed by atoms with Crippen LogP contribution in [0.1, 0.15) is 25.7 Å². The molecule has 0 bridgehead atoms. The van der Waals surface area contributed by atoms with E-state index in [0.29, 0.717) is 31.6 Å². The second-order valence-electron chi connectivity index (χ2n) is 7.64. The van der Waals surface area contributed by atoms with Gasteiger partial charge in [-0.2, -0.15) is 10.1 Å². The van der Waals surface area contributed by atoms with Gasteiger partial charge < -0.3 is 20.5 Å². The molecule has 1 saturated heterocycles. The molecule has 3 aromatic rings. The highest BCUT2D eigenvalue weighted by atomic mass is 16.5. The van der Waals surface area contributed by atoms with E-state index in [-0.39, 0.29) is 6.04 Å². The monoisotopic (exact) mass is 380 g/mol. The van der Waals surface area contributed by atoms with Crippen molar-refractivity contribution in [2.45, 2.75) is 43.9 Å². The number of aliphatic hydroxyl groups excluding tert-OH is 1. The number of aliphatic hydroxyl groups is 1. The first-order valence-electron chi connectivity index (χ1n) is 9.85. The summed E-state index contributed by atoms with van der Waals surface area (Å²) < 4.78 is 5.49. The molecule has 2 atom stereocenters. The fourth-order valence-corrected chi connectivity index (χ4v) is 3.73. The molecule has 0 radical (unpaired) electrons. The number of nitrogens with zero attached hydrogens (tertiary/aromatic N) is 3. The summed E-state index contributed by atoms with van der Waals surface area (Å²) in [6.07, 6.45) is 5.49. The minimum Gasteiger partial charge on any atom is -0.391 e. The summed E-state index contributed by atoms with van der Waals surface area (Å²) in [7, 11) is 0. The maximum atomic E-state index is 9.91. The van der Waals surface area contributed by atoms with E-state index < -0.39 is 6.10 Å². The van der Waals surface area contributed by atoms with Gasteiger partial charge in [0.05, 0.1) is 36.6 Å². The van der Waals surface area contributed by atoms with Crippen molar-refractivity contribution in [3.63, 3.8) is 0 Å². The number of ether oxygens (including phenoxy) is 1. The third-order valence-corrected chi connectivity index (χ3v) is 5.47. The van der Waals surface area contributed by atoms with Crippen molar-refractivity contribution in [1.29, 1.82) is 0 Å². The summed E-state index contributed by atoms with van der Waals surface area (Å²) in [5, 5.41) is 24.8. The highest BCUT2D eigenvalue weighted by Crippen LogP contribution is 2.29. The Kier molecular flexibility index (Phi) is 4.58. The molecule has 8 heteroatoms. The molecule has 0 unspecified atom stereocenters. The van der Waals surface area contributed by atoms with Gasteiger partial charge >= 0.3 is 0 Å². The Bertz CT molecular complexity index is 957. The van der Waals surface area contributed by atoms with Gasteiger partial charge in [0.1, 0.15) is 5.82 Å². The van der Waals surface area contributed by atoms with Crippen LogP contribution >= 0.6 is 0 Å². The minimum atomic E-state index is -0.445. The highest BCUT2D eigenvalue weighted by molar-refractivity contribution is 5.92. The molecule has 2 aliphatic rings. The van der Waals surface area contributed by atoms with Crippen LogP contribution in [0.3, 0.4) is 0 Å². The second kappa shape index (κ2) is 7.37. The summed E-state index contributed by atoms with van der Waals surface area (Å²) in [5.41, 5.74) is 2.84. The molecular formula is C20H24N6O2. The lowest BCUT2D eigenvalue weighted by Gasteiger charge is -2.29. The zero-order valence-electron chi connectivity index (χ0n) is 15.6. The first-order chi connectivity index (χ1) is 13.7. The molecule has 3 heterocycles. The lowest BCUT2D eigenvalue weighted by Crippen LogP contribution is -2.38. The Balaban J connectivity index is 1.51. The van der Waals surface area contributed by atoms with Crippen LogP contribution in [0.25, 0.3) is 22.2 Å². The molecule has 2 aromatic heterocycles. The Labute approximate surface area is 162 Å². The van der Waals surface area contributed by atoms with E-state index in [1.54, 1.807) is 6.20 Å². The van der Waals surface area contributed by atoms with Crippen molar-refractivity contribution in [3.8, 4) is 11.3 Å². The lowest BCUT2D eigenvalue weighted by molar-refractivity contribution is -0.0117. The molecule has 2 fully saturated rings. The smallest absolute Gasteiger partial charge is 0.225 e. The van der Waals surface area contributed by atoms with Gasteiger partial charge in [0.2, 0.25) is 5.95 Å². The van der Waals surface area contributed by atoms with Gasteiger partial charge in [0.15, 0.2) is 0 Å². The third-order valence-electron chi connectivity index (χ3n) is 5.47. The van der Waals surface area contributed by atoms with Crippen LogP contribution in [0.2, 0.25) is 0 Å². The molecule has 1 aliphatic heterocycles. The Morgan fingerprint density at radius 2 is 2.00 bits per heavy atom. The van der Waals surface area contributed by atoms with Crippen molar-refractivity contribution < 1.29 is 9.84 Å². The normalized spacial score (nSPS) is 22.8. The fraction of sp³-hybridized carbons (Fsp3) is 0.450. The van der Waals surface area contributed by atoms with E-state index in [1.165, 1.54) is 6.42 Å². The van der Waals surface area contributed by atoms with Gasteiger partial charge in [0, 0.05) is 23.2 Å². The van der Waals surface area contributed by atoms with Crippen molar-refractivity contribution in [2.24, 2.45) is 0 Å². The molecule has 1 aromatic carbocycles. The number of aromatic amines is 1. The molecule has 0 spiro atoms. The number of aromatic nitrogens is 4. The molecule has 8 nitrogen and oxygen atoms in total. The summed E-state index contributed by atoms with van der Waals surface area (Å²) in [5.74, 6) is 1.41. The van der Waals surface area contributed by atoms with Gasteiger partial charge in [-0.3, -0.25) is 5.10 Å². The number of benzene rings is 1. The van der Waals surface area contributed by atoms with Gasteiger partial charge in [-0.1, -0.05) is 6.07 Å². The predicted molar refractivity (Wildman–Crippen MR) is 107 cm³/mol. The lowest BCUT2D eigenvalue weighted by atomic mass is 9.93. The topological polar surface area (TPSA) is 108 Å². The SMILES string of the molecule is O[C@@H]1COC[C@H](Nc2nc(NC3CCC3)nc3cc(-c4ccn[nH]4)ccc23)C1. The number of rotatable bonds is 5. The van der Waals surface area contributed by atoms with E-state index in [4.69, 9.17) is 14.7 Å². The zero-order valence-corrected chi connectivity index (χ0v) is 15.6.